The lowest BCUT2D eigenvalue weighted by Crippen LogP contribution is -1.84. The Morgan fingerprint density at radius 2 is 2.42 bits per heavy atom. The zero-order valence-corrected chi connectivity index (χ0v) is 7.08. The predicted molar refractivity (Wildman–Crippen MR) is 49.5 cm³/mol. The molecule has 0 amide bonds. The lowest BCUT2D eigenvalue weighted by atomic mass is 10.1. The van der Waals surface area contributed by atoms with Gasteiger partial charge in [-0.1, -0.05) is 19.2 Å². The van der Waals surface area contributed by atoms with Crippen LogP contribution in [0.1, 0.15) is 12.8 Å². The Hall–Kier alpha value is -1.57. The first-order valence-electron chi connectivity index (χ1n) is 3.64. The van der Waals surface area contributed by atoms with E-state index >= 15 is 0 Å². The number of oxazole rings is 1. The van der Waals surface area contributed by atoms with Crippen LogP contribution in [0, 0.1) is 0 Å². The molecule has 0 aromatic carbocycles. The van der Waals surface area contributed by atoms with Gasteiger partial charge in [0.2, 0.25) is 5.89 Å². The van der Waals surface area contributed by atoms with Crippen molar-refractivity contribution in [3.63, 3.8) is 0 Å². The average Bonchev–Trinajstić information content (AvgIpc) is 2.51. The standard InChI is InChI=1S/C10H11NO/c1-4-5-9(8(2)3)10-11-6-7-12-10/h4-7H,1-2H2,3H3/b9-5+. The number of nitrogens with zero attached hydrogens (tertiary/aromatic N) is 1. The zero-order valence-electron chi connectivity index (χ0n) is 7.08. The van der Waals surface area contributed by atoms with Gasteiger partial charge in [0, 0.05) is 5.57 Å². The highest BCUT2D eigenvalue weighted by molar-refractivity contribution is 5.73. The summed E-state index contributed by atoms with van der Waals surface area (Å²) in [7, 11) is 0. The Balaban J connectivity index is 3.04. The van der Waals surface area contributed by atoms with E-state index in [1.54, 1.807) is 12.3 Å². The minimum atomic E-state index is 0.586. The highest BCUT2D eigenvalue weighted by atomic mass is 16.3. The van der Waals surface area contributed by atoms with Crippen LogP contribution in [-0.4, -0.2) is 4.98 Å². The fraction of sp³-hybridized carbons (Fsp3) is 0.100. The normalized spacial score (nSPS) is 11.2. The van der Waals surface area contributed by atoms with Gasteiger partial charge in [0.15, 0.2) is 0 Å². The van der Waals surface area contributed by atoms with E-state index in [-0.39, 0.29) is 0 Å². The smallest absolute Gasteiger partial charge is 0.226 e. The van der Waals surface area contributed by atoms with Gasteiger partial charge < -0.3 is 4.42 Å². The maximum atomic E-state index is 5.12. The van der Waals surface area contributed by atoms with Gasteiger partial charge in [-0.3, -0.25) is 0 Å². The maximum Gasteiger partial charge on any atom is 0.226 e. The van der Waals surface area contributed by atoms with E-state index in [9.17, 15) is 0 Å². The molecule has 62 valence electrons. The molecule has 1 heterocycles. The monoisotopic (exact) mass is 161 g/mol. The molecule has 0 bridgehead atoms. The van der Waals surface area contributed by atoms with Crippen LogP contribution in [0.5, 0.6) is 0 Å². The first kappa shape index (κ1) is 8.53. The summed E-state index contributed by atoms with van der Waals surface area (Å²) in [6.07, 6.45) is 6.66. The average molecular weight is 161 g/mol. The zero-order chi connectivity index (χ0) is 8.97. The molecule has 0 atom stereocenters. The van der Waals surface area contributed by atoms with E-state index in [2.05, 4.69) is 18.1 Å². The summed E-state index contributed by atoms with van der Waals surface area (Å²) in [6.45, 7) is 9.32. The van der Waals surface area contributed by atoms with Crippen molar-refractivity contribution in [2.75, 3.05) is 0 Å². The molecule has 0 unspecified atom stereocenters. The Morgan fingerprint density at radius 1 is 1.67 bits per heavy atom. The Kier molecular flexibility index (Phi) is 2.64. The van der Waals surface area contributed by atoms with Gasteiger partial charge in [-0.2, -0.15) is 0 Å². The minimum absolute atomic E-state index is 0.586. The summed E-state index contributed by atoms with van der Waals surface area (Å²) in [6, 6.07) is 0. The van der Waals surface area contributed by atoms with Crippen molar-refractivity contribution in [1.29, 1.82) is 0 Å². The SMILES string of the molecule is C=C/C=C(\C(=C)C)c1ncco1. The number of allylic oxidation sites excluding steroid dienone is 4. The molecule has 0 aliphatic carbocycles. The molecule has 0 aliphatic rings. The number of rotatable bonds is 3. The van der Waals surface area contributed by atoms with Crippen LogP contribution in [0.15, 0.2) is 47.8 Å². The van der Waals surface area contributed by atoms with E-state index in [1.807, 2.05) is 13.0 Å². The molecule has 1 aromatic rings. The predicted octanol–water partition coefficient (Wildman–Crippen LogP) is 2.82. The van der Waals surface area contributed by atoms with Crippen LogP contribution in [0.4, 0.5) is 0 Å². The van der Waals surface area contributed by atoms with E-state index in [1.165, 1.54) is 6.26 Å². The number of hydrogen-bond donors (Lipinski definition) is 0. The highest BCUT2D eigenvalue weighted by Crippen LogP contribution is 2.19. The summed E-state index contributed by atoms with van der Waals surface area (Å²) in [5.74, 6) is 0.586. The second-order valence-corrected chi connectivity index (χ2v) is 2.43. The largest absolute Gasteiger partial charge is 0.445 e. The molecule has 12 heavy (non-hydrogen) atoms. The molecule has 2 heteroatoms. The molecule has 2 nitrogen and oxygen atoms in total. The summed E-state index contributed by atoms with van der Waals surface area (Å²) >= 11 is 0. The fourth-order valence-electron chi connectivity index (χ4n) is 0.870. The summed E-state index contributed by atoms with van der Waals surface area (Å²) in [5.41, 5.74) is 1.80. The van der Waals surface area contributed by atoms with Gasteiger partial charge in [0.05, 0.1) is 6.20 Å². The summed E-state index contributed by atoms with van der Waals surface area (Å²) in [5, 5.41) is 0. The van der Waals surface area contributed by atoms with Gasteiger partial charge in [-0.15, -0.1) is 0 Å². The van der Waals surface area contributed by atoms with Crippen LogP contribution in [0.25, 0.3) is 5.57 Å². The first-order chi connectivity index (χ1) is 5.75. The highest BCUT2D eigenvalue weighted by Gasteiger charge is 2.04. The van der Waals surface area contributed by atoms with Crippen LogP contribution in [0.2, 0.25) is 0 Å². The van der Waals surface area contributed by atoms with Gasteiger partial charge in [0.1, 0.15) is 6.26 Å². The van der Waals surface area contributed by atoms with Crippen molar-refractivity contribution >= 4 is 5.57 Å². The molecule has 0 N–H and O–H groups in total. The van der Waals surface area contributed by atoms with Crippen molar-refractivity contribution in [3.8, 4) is 0 Å². The van der Waals surface area contributed by atoms with Crippen molar-refractivity contribution in [2.24, 2.45) is 0 Å². The van der Waals surface area contributed by atoms with E-state index in [0.29, 0.717) is 5.89 Å². The van der Waals surface area contributed by atoms with Crippen molar-refractivity contribution in [1.82, 2.24) is 4.98 Å². The third-order valence-corrected chi connectivity index (χ3v) is 1.41. The quantitative estimate of drug-likeness (QED) is 0.637. The second-order valence-electron chi connectivity index (χ2n) is 2.43. The molecule has 1 rings (SSSR count). The maximum absolute atomic E-state index is 5.12. The van der Waals surface area contributed by atoms with Gasteiger partial charge in [0.25, 0.3) is 0 Å². The van der Waals surface area contributed by atoms with E-state index in [4.69, 9.17) is 4.42 Å². The van der Waals surface area contributed by atoms with Gasteiger partial charge in [-0.25, -0.2) is 4.98 Å². The van der Waals surface area contributed by atoms with Crippen molar-refractivity contribution in [2.45, 2.75) is 6.92 Å². The lowest BCUT2D eigenvalue weighted by molar-refractivity contribution is 0.542. The molecule has 0 radical (unpaired) electrons. The number of aromatic nitrogens is 1. The molecule has 0 fully saturated rings. The first-order valence-corrected chi connectivity index (χ1v) is 3.64. The Morgan fingerprint density at radius 3 is 2.83 bits per heavy atom. The molecule has 0 spiro atoms. The van der Waals surface area contributed by atoms with Crippen LogP contribution < -0.4 is 0 Å². The summed E-state index contributed by atoms with van der Waals surface area (Å²) in [4.78, 5) is 4.01. The lowest BCUT2D eigenvalue weighted by Gasteiger charge is -1.98. The molecule has 0 saturated heterocycles. The van der Waals surface area contributed by atoms with Gasteiger partial charge in [-0.05, 0) is 18.6 Å². The molecule has 1 aromatic heterocycles. The molecular weight excluding hydrogens is 150 g/mol. The molecular formula is C10H11NO. The van der Waals surface area contributed by atoms with E-state index in [0.717, 1.165) is 11.1 Å². The second kappa shape index (κ2) is 3.72. The minimum Gasteiger partial charge on any atom is -0.445 e. The molecule has 0 saturated carbocycles. The van der Waals surface area contributed by atoms with Crippen molar-refractivity contribution in [3.05, 3.63) is 49.2 Å². The third-order valence-electron chi connectivity index (χ3n) is 1.41. The van der Waals surface area contributed by atoms with Crippen LogP contribution in [0.3, 0.4) is 0 Å². The Labute approximate surface area is 71.9 Å². The molecule has 0 aliphatic heterocycles. The van der Waals surface area contributed by atoms with E-state index < -0.39 is 0 Å². The van der Waals surface area contributed by atoms with Gasteiger partial charge >= 0.3 is 0 Å². The Bertz CT molecular complexity index is 307. The number of hydrogen-bond acceptors (Lipinski definition) is 2. The summed E-state index contributed by atoms with van der Waals surface area (Å²) < 4.78 is 5.12. The fourth-order valence-corrected chi connectivity index (χ4v) is 0.870. The third kappa shape index (κ3) is 1.72. The van der Waals surface area contributed by atoms with Crippen LogP contribution in [-0.2, 0) is 0 Å². The van der Waals surface area contributed by atoms with Crippen LogP contribution >= 0.6 is 0 Å². The topological polar surface area (TPSA) is 26.0 Å². The van der Waals surface area contributed by atoms with Crippen molar-refractivity contribution < 1.29 is 4.42 Å².